The molecule has 0 bridgehead atoms. The first kappa shape index (κ1) is 15.0. The molecule has 0 unspecified atom stereocenters. The number of benzene rings is 1. The number of nitrogens with one attached hydrogen (secondary N) is 1. The summed E-state index contributed by atoms with van der Waals surface area (Å²) in [5.74, 6) is 0. The Morgan fingerprint density at radius 1 is 1.19 bits per heavy atom. The fourth-order valence-electron chi connectivity index (χ4n) is 3.16. The Kier molecular flexibility index (Phi) is 3.26. The molecule has 0 amide bonds. The van der Waals surface area contributed by atoms with Crippen LogP contribution in [0.1, 0.15) is 6.92 Å². The van der Waals surface area contributed by atoms with Crippen LogP contribution in [0.4, 0.5) is 0 Å². The van der Waals surface area contributed by atoms with Crippen LogP contribution in [-0.4, -0.2) is 29.4 Å². The molecule has 128 valence electrons. The molecule has 1 N–H and O–H groups in total. The Morgan fingerprint density at radius 2 is 2.12 bits per heavy atom. The van der Waals surface area contributed by atoms with Gasteiger partial charge in [-0.1, -0.05) is 6.07 Å². The highest BCUT2D eigenvalue weighted by molar-refractivity contribution is 7.13. The fourth-order valence-corrected chi connectivity index (χ4v) is 3.81. The van der Waals surface area contributed by atoms with Crippen molar-refractivity contribution >= 4 is 27.9 Å². The van der Waals surface area contributed by atoms with E-state index in [1.807, 2.05) is 34.5 Å². The summed E-state index contributed by atoms with van der Waals surface area (Å²) >= 11 is 1.51. The quantitative estimate of drug-likeness (QED) is 0.534. The molecule has 0 aliphatic carbocycles. The van der Waals surface area contributed by atoms with E-state index in [9.17, 15) is 4.79 Å². The first-order chi connectivity index (χ1) is 12.7. The number of aromatic nitrogens is 6. The molecule has 0 saturated carbocycles. The van der Waals surface area contributed by atoms with Crippen LogP contribution in [0.15, 0.2) is 53.0 Å². The molecule has 0 fully saturated rings. The molecular weight excluding hydrogens is 348 g/mol. The van der Waals surface area contributed by atoms with Gasteiger partial charge in [-0.2, -0.15) is 14.7 Å². The smallest absolute Gasteiger partial charge is 0.274 e. The monoisotopic (exact) mass is 362 g/mol. The fraction of sp³-hybridized carbons (Fsp3) is 0.111. The van der Waals surface area contributed by atoms with Crippen LogP contribution >= 0.6 is 11.3 Å². The van der Waals surface area contributed by atoms with Crippen LogP contribution in [0.5, 0.6) is 0 Å². The summed E-state index contributed by atoms with van der Waals surface area (Å²) in [5.41, 5.74) is 4.03. The molecule has 0 spiro atoms. The van der Waals surface area contributed by atoms with E-state index in [2.05, 4.69) is 27.1 Å². The molecule has 0 atom stereocenters. The van der Waals surface area contributed by atoms with Crippen LogP contribution in [0.3, 0.4) is 0 Å². The molecule has 7 nitrogen and oxygen atoms in total. The highest BCUT2D eigenvalue weighted by Gasteiger charge is 2.13. The molecule has 1 aromatic carbocycles. The van der Waals surface area contributed by atoms with Crippen molar-refractivity contribution < 1.29 is 0 Å². The summed E-state index contributed by atoms with van der Waals surface area (Å²) in [5, 5.41) is 12.3. The largest absolute Gasteiger partial charge is 0.339 e. The lowest BCUT2D eigenvalue weighted by Gasteiger charge is -2.05. The molecule has 4 aromatic heterocycles. The van der Waals surface area contributed by atoms with Gasteiger partial charge >= 0.3 is 0 Å². The summed E-state index contributed by atoms with van der Waals surface area (Å²) in [4.78, 5) is 20.2. The van der Waals surface area contributed by atoms with Gasteiger partial charge in [0.2, 0.25) is 0 Å². The summed E-state index contributed by atoms with van der Waals surface area (Å²) < 4.78 is 3.32. The van der Waals surface area contributed by atoms with E-state index in [1.54, 1.807) is 18.5 Å². The van der Waals surface area contributed by atoms with E-state index in [0.29, 0.717) is 5.65 Å². The summed E-state index contributed by atoms with van der Waals surface area (Å²) in [7, 11) is 0. The molecule has 4 heterocycles. The molecule has 0 aliphatic rings. The third-order valence-electron chi connectivity index (χ3n) is 4.41. The molecule has 0 radical (unpaired) electrons. The van der Waals surface area contributed by atoms with Gasteiger partial charge in [0.1, 0.15) is 10.7 Å². The third-order valence-corrected chi connectivity index (χ3v) is 5.22. The Bertz CT molecular complexity index is 1290. The second-order valence-electron chi connectivity index (χ2n) is 5.91. The van der Waals surface area contributed by atoms with E-state index in [1.165, 1.54) is 15.9 Å². The Balaban J connectivity index is 1.72. The molecule has 5 aromatic rings. The van der Waals surface area contributed by atoms with Crippen molar-refractivity contribution in [2.45, 2.75) is 13.5 Å². The molecule has 5 rings (SSSR count). The Labute approximate surface area is 151 Å². The normalized spacial score (nSPS) is 11.6. The van der Waals surface area contributed by atoms with E-state index in [0.717, 1.165) is 39.3 Å². The van der Waals surface area contributed by atoms with Crippen molar-refractivity contribution in [1.82, 2.24) is 29.4 Å². The van der Waals surface area contributed by atoms with Crippen molar-refractivity contribution in [1.29, 1.82) is 0 Å². The van der Waals surface area contributed by atoms with Gasteiger partial charge in [0.25, 0.3) is 5.56 Å². The first-order valence-corrected chi connectivity index (χ1v) is 9.09. The number of H-pyrrole nitrogens is 1. The number of rotatable bonds is 3. The minimum Gasteiger partial charge on any atom is -0.339 e. The van der Waals surface area contributed by atoms with Gasteiger partial charge in [-0.3, -0.25) is 9.48 Å². The van der Waals surface area contributed by atoms with E-state index < -0.39 is 0 Å². The van der Waals surface area contributed by atoms with Gasteiger partial charge in [0.05, 0.1) is 29.2 Å². The number of fused-ring (bicyclic) bond motifs is 2. The first-order valence-electron chi connectivity index (χ1n) is 8.21. The van der Waals surface area contributed by atoms with Gasteiger partial charge in [0.15, 0.2) is 0 Å². The van der Waals surface area contributed by atoms with Crippen molar-refractivity contribution in [3.63, 3.8) is 0 Å². The highest BCUT2D eigenvalue weighted by atomic mass is 32.1. The van der Waals surface area contributed by atoms with Crippen LogP contribution in [0, 0.1) is 0 Å². The predicted molar refractivity (Wildman–Crippen MR) is 101 cm³/mol. The molecule has 0 aliphatic heterocycles. The standard InChI is InChI=1S/C18H14N6OS/c1-2-23-15-4-3-11(7-12(15)9-20-23)14-8-16(25)24-17(22-14)13(10-21-24)18-19-5-6-26-18/h3-10,22H,2H2,1H3. The van der Waals surface area contributed by atoms with Gasteiger partial charge < -0.3 is 4.98 Å². The number of hydrogen-bond acceptors (Lipinski definition) is 5. The van der Waals surface area contributed by atoms with Crippen LogP contribution in [0.2, 0.25) is 0 Å². The average Bonchev–Trinajstić information content (AvgIpc) is 3.39. The molecule has 26 heavy (non-hydrogen) atoms. The maximum atomic E-state index is 12.5. The van der Waals surface area contributed by atoms with Crippen LogP contribution in [-0.2, 0) is 6.54 Å². The minimum atomic E-state index is -0.180. The highest BCUT2D eigenvalue weighted by Crippen LogP contribution is 2.27. The number of aromatic amines is 1. The summed E-state index contributed by atoms with van der Waals surface area (Å²) in [6.45, 7) is 2.88. The number of aryl methyl sites for hydroxylation is 1. The lowest BCUT2D eigenvalue weighted by atomic mass is 10.1. The SMILES string of the molecule is CCn1ncc2cc(-c3cc(=O)n4ncc(-c5nccs5)c4[nH]3)ccc21. The van der Waals surface area contributed by atoms with Crippen LogP contribution in [0.25, 0.3) is 38.4 Å². The van der Waals surface area contributed by atoms with Gasteiger partial charge in [-0.25, -0.2) is 4.98 Å². The lowest BCUT2D eigenvalue weighted by Crippen LogP contribution is -2.14. The average molecular weight is 362 g/mol. The zero-order valence-corrected chi connectivity index (χ0v) is 14.7. The zero-order chi connectivity index (χ0) is 17.7. The summed E-state index contributed by atoms with van der Waals surface area (Å²) in [6.07, 6.45) is 5.26. The van der Waals surface area contributed by atoms with E-state index >= 15 is 0 Å². The van der Waals surface area contributed by atoms with Gasteiger partial charge in [-0.05, 0) is 24.6 Å². The second kappa shape index (κ2) is 5.63. The molecule has 0 saturated heterocycles. The van der Waals surface area contributed by atoms with Crippen LogP contribution < -0.4 is 5.56 Å². The van der Waals surface area contributed by atoms with Gasteiger partial charge in [0, 0.05) is 29.6 Å². The maximum absolute atomic E-state index is 12.5. The Hall–Kier alpha value is -3.26. The van der Waals surface area contributed by atoms with Crippen molar-refractivity contribution in [2.24, 2.45) is 0 Å². The molecular formula is C18H14N6OS. The number of nitrogens with zero attached hydrogens (tertiary/aromatic N) is 5. The predicted octanol–water partition coefficient (Wildman–Crippen LogP) is 3.18. The number of thiazole rings is 1. The van der Waals surface area contributed by atoms with Crippen molar-refractivity contribution in [3.8, 4) is 21.8 Å². The lowest BCUT2D eigenvalue weighted by molar-refractivity contribution is 0.684. The third kappa shape index (κ3) is 2.19. The van der Waals surface area contributed by atoms with Gasteiger partial charge in [-0.15, -0.1) is 11.3 Å². The molecule has 8 heteroatoms. The number of hydrogen-bond donors (Lipinski definition) is 1. The second-order valence-corrected chi connectivity index (χ2v) is 6.81. The Morgan fingerprint density at radius 3 is 2.92 bits per heavy atom. The minimum absolute atomic E-state index is 0.180. The van der Waals surface area contributed by atoms with E-state index in [-0.39, 0.29) is 5.56 Å². The van der Waals surface area contributed by atoms with Crippen molar-refractivity contribution in [2.75, 3.05) is 0 Å². The van der Waals surface area contributed by atoms with Crippen molar-refractivity contribution in [3.05, 3.63) is 58.6 Å². The summed E-state index contributed by atoms with van der Waals surface area (Å²) in [6, 6.07) is 7.63. The maximum Gasteiger partial charge on any atom is 0.274 e. The zero-order valence-electron chi connectivity index (χ0n) is 13.9. The van der Waals surface area contributed by atoms with E-state index in [4.69, 9.17) is 0 Å². The topological polar surface area (TPSA) is 80.9 Å².